The van der Waals surface area contributed by atoms with Gasteiger partial charge in [-0.3, -0.25) is 0 Å². The lowest BCUT2D eigenvalue weighted by molar-refractivity contribution is 0.133. The van der Waals surface area contributed by atoms with Gasteiger partial charge in [0.1, 0.15) is 11.9 Å². The highest BCUT2D eigenvalue weighted by molar-refractivity contribution is 5.67. The number of rotatable bonds is 5. The van der Waals surface area contributed by atoms with Gasteiger partial charge in [0.05, 0.1) is 11.2 Å². The fraction of sp³-hybridized carbons (Fsp3) is 0.438. The van der Waals surface area contributed by atoms with Gasteiger partial charge < -0.3 is 5.11 Å². The average molecular weight is 261 g/mol. The van der Waals surface area contributed by atoms with Crippen molar-refractivity contribution in [3.8, 4) is 6.07 Å². The molecule has 0 spiro atoms. The number of unbranched alkanes of at least 4 members (excludes halogenated alkanes) is 1. The number of benzene rings is 1. The molecule has 0 radical (unpaired) electrons. The van der Waals surface area contributed by atoms with Crippen molar-refractivity contribution < 1.29 is 9.50 Å². The molecule has 19 heavy (non-hydrogen) atoms. The Kier molecular flexibility index (Phi) is 5.26. The molecule has 0 atom stereocenters. The molecule has 3 heteroatoms. The molecule has 2 nitrogen and oxygen atoms in total. The van der Waals surface area contributed by atoms with Gasteiger partial charge >= 0.3 is 0 Å². The lowest BCUT2D eigenvalue weighted by Crippen LogP contribution is -2.15. The topological polar surface area (TPSA) is 44.0 Å². The third kappa shape index (κ3) is 4.84. The predicted octanol–water partition coefficient (Wildman–Crippen LogP) is 4.04. The molecule has 0 fully saturated rings. The number of nitriles is 1. The Labute approximate surface area is 114 Å². The molecule has 0 aliphatic rings. The number of nitrogens with zero attached hydrogens (tertiary/aromatic N) is 1. The van der Waals surface area contributed by atoms with Gasteiger partial charge in [0.15, 0.2) is 0 Å². The molecule has 1 rings (SSSR count). The smallest absolute Gasteiger partial charge is 0.141 e. The summed E-state index contributed by atoms with van der Waals surface area (Å²) in [7, 11) is 0. The first-order valence-electron chi connectivity index (χ1n) is 6.51. The minimum absolute atomic E-state index is 0.0434. The molecule has 1 aromatic rings. The normalized spacial score (nSPS) is 12.3. The van der Waals surface area contributed by atoms with Crippen LogP contribution in [0.1, 0.15) is 51.2 Å². The van der Waals surface area contributed by atoms with Crippen LogP contribution in [-0.4, -0.2) is 10.7 Å². The van der Waals surface area contributed by atoms with Gasteiger partial charge in [0, 0.05) is 0 Å². The van der Waals surface area contributed by atoms with E-state index in [0.717, 1.165) is 30.4 Å². The summed E-state index contributed by atoms with van der Waals surface area (Å²) in [6.07, 6.45) is 4.54. The van der Waals surface area contributed by atoms with Crippen molar-refractivity contribution in [3.63, 3.8) is 0 Å². The molecule has 0 aliphatic carbocycles. The maximum absolute atomic E-state index is 13.7. The zero-order chi connectivity index (χ0) is 14.5. The van der Waals surface area contributed by atoms with E-state index < -0.39 is 11.4 Å². The van der Waals surface area contributed by atoms with E-state index in [4.69, 9.17) is 5.26 Å². The third-order valence-corrected chi connectivity index (χ3v) is 2.79. The summed E-state index contributed by atoms with van der Waals surface area (Å²) >= 11 is 0. The van der Waals surface area contributed by atoms with Crippen molar-refractivity contribution in [1.82, 2.24) is 0 Å². The zero-order valence-electron chi connectivity index (χ0n) is 11.7. The van der Waals surface area contributed by atoms with Crippen LogP contribution in [0.3, 0.4) is 0 Å². The summed E-state index contributed by atoms with van der Waals surface area (Å²) in [5, 5.41) is 18.6. The highest BCUT2D eigenvalue weighted by Gasteiger charge is 2.13. The maximum Gasteiger partial charge on any atom is 0.141 e. The standard InChI is InChI=1S/C16H20FNO/c1-4-5-6-13(10-16(2,3)19)12-7-8-14(11-18)15(17)9-12/h7-10,19H,4-6H2,1-3H3/b13-10+. The lowest BCUT2D eigenvalue weighted by atomic mass is 9.94. The van der Waals surface area contributed by atoms with Crippen LogP contribution in [0, 0.1) is 17.1 Å². The number of allylic oxidation sites excluding steroid dienone is 1. The molecular weight excluding hydrogens is 241 g/mol. The largest absolute Gasteiger partial charge is 0.386 e. The molecule has 0 bridgehead atoms. The minimum atomic E-state index is -0.937. The van der Waals surface area contributed by atoms with Crippen LogP contribution in [0.25, 0.3) is 5.57 Å². The molecule has 1 aromatic carbocycles. The maximum atomic E-state index is 13.7. The van der Waals surface area contributed by atoms with Crippen LogP contribution in [0.2, 0.25) is 0 Å². The molecule has 0 unspecified atom stereocenters. The van der Waals surface area contributed by atoms with Crippen molar-refractivity contribution in [3.05, 3.63) is 41.2 Å². The van der Waals surface area contributed by atoms with Crippen LogP contribution in [0.5, 0.6) is 0 Å². The summed E-state index contributed by atoms with van der Waals surface area (Å²) < 4.78 is 13.7. The van der Waals surface area contributed by atoms with Crippen molar-refractivity contribution in [2.45, 2.75) is 45.6 Å². The number of aliphatic hydroxyl groups is 1. The lowest BCUT2D eigenvalue weighted by Gasteiger charge is -2.16. The van der Waals surface area contributed by atoms with E-state index in [1.807, 2.05) is 6.07 Å². The molecule has 0 saturated carbocycles. The van der Waals surface area contributed by atoms with E-state index in [2.05, 4.69) is 6.92 Å². The quantitative estimate of drug-likeness (QED) is 0.869. The van der Waals surface area contributed by atoms with E-state index in [1.54, 1.807) is 26.0 Å². The fourth-order valence-corrected chi connectivity index (χ4v) is 1.90. The molecule has 0 saturated heterocycles. The number of hydrogen-bond donors (Lipinski definition) is 1. The van der Waals surface area contributed by atoms with Gasteiger partial charge in [-0.15, -0.1) is 0 Å². The first-order chi connectivity index (χ1) is 8.87. The van der Waals surface area contributed by atoms with E-state index in [0.29, 0.717) is 0 Å². The number of halogens is 1. The number of hydrogen-bond acceptors (Lipinski definition) is 2. The van der Waals surface area contributed by atoms with Gasteiger partial charge in [-0.25, -0.2) is 4.39 Å². The SMILES string of the molecule is CCCC/C(=C\C(C)(C)O)c1ccc(C#N)c(F)c1. The molecule has 0 heterocycles. The van der Waals surface area contributed by atoms with E-state index in [1.165, 1.54) is 12.1 Å². The first-order valence-corrected chi connectivity index (χ1v) is 6.51. The van der Waals surface area contributed by atoms with Crippen LogP contribution < -0.4 is 0 Å². The van der Waals surface area contributed by atoms with Crippen LogP contribution in [-0.2, 0) is 0 Å². The van der Waals surface area contributed by atoms with Crippen LogP contribution in [0.4, 0.5) is 4.39 Å². The zero-order valence-corrected chi connectivity index (χ0v) is 11.7. The van der Waals surface area contributed by atoms with Crippen molar-refractivity contribution in [2.24, 2.45) is 0 Å². The summed E-state index contributed by atoms with van der Waals surface area (Å²) in [5.41, 5.74) is 0.750. The first kappa shape index (κ1) is 15.4. The van der Waals surface area contributed by atoms with Crippen molar-refractivity contribution >= 4 is 5.57 Å². The van der Waals surface area contributed by atoms with Crippen LogP contribution in [0.15, 0.2) is 24.3 Å². The molecule has 1 N–H and O–H groups in total. The molecular formula is C16H20FNO. The summed E-state index contributed by atoms with van der Waals surface area (Å²) in [5.74, 6) is -0.516. The van der Waals surface area contributed by atoms with Gasteiger partial charge in [-0.1, -0.05) is 19.4 Å². The minimum Gasteiger partial charge on any atom is -0.386 e. The second-order valence-corrected chi connectivity index (χ2v) is 5.23. The second kappa shape index (κ2) is 6.49. The van der Waals surface area contributed by atoms with Crippen molar-refractivity contribution in [2.75, 3.05) is 0 Å². The fourth-order valence-electron chi connectivity index (χ4n) is 1.90. The summed E-state index contributed by atoms with van der Waals surface area (Å²) in [6.45, 7) is 5.47. The Morgan fingerprint density at radius 3 is 2.63 bits per heavy atom. The second-order valence-electron chi connectivity index (χ2n) is 5.23. The summed E-state index contributed by atoms with van der Waals surface area (Å²) in [6, 6.07) is 6.39. The molecule has 0 aromatic heterocycles. The molecule has 0 aliphatic heterocycles. The van der Waals surface area contributed by atoms with Gasteiger partial charge in [0.2, 0.25) is 0 Å². The Balaban J connectivity index is 3.15. The Bertz CT molecular complexity index is 506. The summed E-state index contributed by atoms with van der Waals surface area (Å²) in [4.78, 5) is 0. The Morgan fingerprint density at radius 1 is 1.47 bits per heavy atom. The molecule has 102 valence electrons. The predicted molar refractivity (Wildman–Crippen MR) is 74.9 cm³/mol. The van der Waals surface area contributed by atoms with Crippen molar-refractivity contribution in [1.29, 1.82) is 5.26 Å². The Hall–Kier alpha value is -1.66. The van der Waals surface area contributed by atoms with E-state index in [9.17, 15) is 9.50 Å². The van der Waals surface area contributed by atoms with E-state index >= 15 is 0 Å². The third-order valence-electron chi connectivity index (χ3n) is 2.79. The van der Waals surface area contributed by atoms with Gasteiger partial charge in [-0.05, 0) is 56.0 Å². The monoisotopic (exact) mass is 261 g/mol. The van der Waals surface area contributed by atoms with E-state index in [-0.39, 0.29) is 5.56 Å². The van der Waals surface area contributed by atoms with Gasteiger partial charge in [-0.2, -0.15) is 5.26 Å². The Morgan fingerprint density at radius 2 is 2.16 bits per heavy atom. The van der Waals surface area contributed by atoms with Gasteiger partial charge in [0.25, 0.3) is 0 Å². The molecule has 0 amide bonds. The average Bonchev–Trinajstić information content (AvgIpc) is 2.33. The highest BCUT2D eigenvalue weighted by Crippen LogP contribution is 2.25. The highest BCUT2D eigenvalue weighted by atomic mass is 19.1. The van der Waals surface area contributed by atoms with Crippen LogP contribution >= 0.6 is 0 Å².